The Morgan fingerprint density at radius 3 is 2.00 bits per heavy atom. The Balaban J connectivity index is 2.16. The van der Waals surface area contributed by atoms with Crippen LogP contribution in [0.5, 0.6) is 0 Å². The summed E-state index contributed by atoms with van der Waals surface area (Å²) in [6.07, 6.45) is 0. The highest BCUT2D eigenvalue weighted by Crippen LogP contribution is 2.24. The molecule has 2 aromatic rings. The fraction of sp³-hybridized carbons (Fsp3) is 0.368. The molecule has 1 unspecified atom stereocenters. The van der Waals surface area contributed by atoms with Gasteiger partial charge < -0.3 is 5.32 Å². The molecule has 1 N–H and O–H groups in total. The lowest BCUT2D eigenvalue weighted by atomic mass is 9.95. The molecule has 0 spiro atoms. The van der Waals surface area contributed by atoms with Crippen LogP contribution in [0.15, 0.2) is 42.5 Å². The van der Waals surface area contributed by atoms with Gasteiger partial charge in [0, 0.05) is 12.1 Å². The largest absolute Gasteiger partial charge is 0.304 e. The zero-order valence-corrected chi connectivity index (χ0v) is 13.2. The molecule has 20 heavy (non-hydrogen) atoms. The van der Waals surface area contributed by atoms with E-state index in [-0.39, 0.29) is 0 Å². The van der Waals surface area contributed by atoms with Crippen LogP contribution in [0, 0.1) is 20.8 Å². The summed E-state index contributed by atoms with van der Waals surface area (Å²) >= 11 is 0. The molecule has 0 amide bonds. The molecule has 0 bridgehead atoms. The van der Waals surface area contributed by atoms with E-state index in [2.05, 4.69) is 82.4 Å². The van der Waals surface area contributed by atoms with Crippen LogP contribution in [-0.4, -0.2) is 0 Å². The lowest BCUT2D eigenvalue weighted by molar-refractivity contribution is 0.493. The zero-order valence-electron chi connectivity index (χ0n) is 13.2. The van der Waals surface area contributed by atoms with Crippen molar-refractivity contribution in [3.05, 3.63) is 70.3 Å². The summed E-state index contributed by atoms with van der Waals surface area (Å²) in [6.45, 7) is 11.0. The van der Waals surface area contributed by atoms with Gasteiger partial charge in [0.2, 0.25) is 0 Å². The Kier molecular flexibility index (Phi) is 4.61. The maximum absolute atomic E-state index is 3.70. The second-order valence-electron chi connectivity index (χ2n) is 5.81. The van der Waals surface area contributed by atoms with Gasteiger partial charge in [0.25, 0.3) is 0 Å². The predicted octanol–water partition coefficient (Wildman–Crippen LogP) is 5.02. The number of rotatable bonds is 4. The molecule has 2 aromatic carbocycles. The molecular weight excluding hydrogens is 242 g/mol. The normalized spacial score (nSPS) is 14.1. The molecule has 0 saturated carbocycles. The Morgan fingerprint density at radius 2 is 1.35 bits per heavy atom. The first kappa shape index (κ1) is 14.8. The average Bonchev–Trinajstić information content (AvgIpc) is 2.43. The van der Waals surface area contributed by atoms with Crippen molar-refractivity contribution in [2.75, 3.05) is 0 Å². The third kappa shape index (κ3) is 3.29. The highest BCUT2D eigenvalue weighted by molar-refractivity contribution is 5.38. The van der Waals surface area contributed by atoms with Gasteiger partial charge in [-0.1, -0.05) is 42.5 Å². The van der Waals surface area contributed by atoms with Crippen LogP contribution in [0.3, 0.4) is 0 Å². The van der Waals surface area contributed by atoms with Gasteiger partial charge >= 0.3 is 0 Å². The minimum absolute atomic E-state index is 0.351. The topological polar surface area (TPSA) is 12.0 Å². The first-order valence-corrected chi connectivity index (χ1v) is 7.37. The molecule has 2 rings (SSSR count). The van der Waals surface area contributed by atoms with E-state index in [0.717, 1.165) is 0 Å². The second kappa shape index (κ2) is 6.23. The smallest absolute Gasteiger partial charge is 0.0300 e. The van der Waals surface area contributed by atoms with E-state index in [1.165, 1.54) is 27.8 Å². The van der Waals surface area contributed by atoms with E-state index in [1.807, 2.05) is 0 Å². The second-order valence-corrected chi connectivity index (χ2v) is 5.81. The zero-order chi connectivity index (χ0) is 14.7. The van der Waals surface area contributed by atoms with E-state index in [9.17, 15) is 0 Å². The Labute approximate surface area is 123 Å². The van der Waals surface area contributed by atoms with Crippen LogP contribution < -0.4 is 5.32 Å². The van der Waals surface area contributed by atoms with Gasteiger partial charge in [0.15, 0.2) is 0 Å². The van der Waals surface area contributed by atoms with Crippen molar-refractivity contribution in [2.45, 2.75) is 46.7 Å². The maximum Gasteiger partial charge on any atom is 0.0300 e. The summed E-state index contributed by atoms with van der Waals surface area (Å²) in [7, 11) is 0. The summed E-state index contributed by atoms with van der Waals surface area (Å²) < 4.78 is 0. The van der Waals surface area contributed by atoms with E-state index in [1.54, 1.807) is 0 Å². The van der Waals surface area contributed by atoms with Crippen molar-refractivity contribution in [1.29, 1.82) is 0 Å². The van der Waals surface area contributed by atoms with Crippen LogP contribution in [0.1, 0.15) is 53.7 Å². The molecule has 1 heteroatoms. The van der Waals surface area contributed by atoms with Gasteiger partial charge in [-0.05, 0) is 62.4 Å². The lowest BCUT2D eigenvalue weighted by Crippen LogP contribution is -2.23. The van der Waals surface area contributed by atoms with Gasteiger partial charge in [0.1, 0.15) is 0 Å². The number of hydrogen-bond acceptors (Lipinski definition) is 1. The lowest BCUT2D eigenvalue weighted by Gasteiger charge is -2.23. The quantitative estimate of drug-likeness (QED) is 0.819. The van der Waals surface area contributed by atoms with Crippen molar-refractivity contribution >= 4 is 0 Å². The molecule has 106 valence electrons. The van der Waals surface area contributed by atoms with Crippen LogP contribution >= 0.6 is 0 Å². The fourth-order valence-corrected chi connectivity index (χ4v) is 2.75. The number of benzene rings is 2. The van der Waals surface area contributed by atoms with Gasteiger partial charge in [-0.25, -0.2) is 0 Å². The van der Waals surface area contributed by atoms with Crippen LogP contribution in [0.4, 0.5) is 0 Å². The van der Waals surface area contributed by atoms with Crippen LogP contribution in [0.2, 0.25) is 0 Å². The van der Waals surface area contributed by atoms with Crippen LogP contribution in [-0.2, 0) is 0 Å². The molecule has 1 nitrogen and oxygen atoms in total. The minimum Gasteiger partial charge on any atom is -0.304 e. The summed E-state index contributed by atoms with van der Waals surface area (Å²) in [5.74, 6) is 0. The van der Waals surface area contributed by atoms with E-state index in [0.29, 0.717) is 12.1 Å². The van der Waals surface area contributed by atoms with Crippen molar-refractivity contribution in [2.24, 2.45) is 0 Å². The molecule has 0 radical (unpaired) electrons. The van der Waals surface area contributed by atoms with E-state index in [4.69, 9.17) is 0 Å². The van der Waals surface area contributed by atoms with E-state index < -0.39 is 0 Å². The monoisotopic (exact) mass is 267 g/mol. The summed E-state index contributed by atoms with van der Waals surface area (Å²) in [4.78, 5) is 0. The minimum atomic E-state index is 0.351. The number of nitrogens with one attached hydrogen (secondary N) is 1. The van der Waals surface area contributed by atoms with E-state index >= 15 is 0 Å². The first-order chi connectivity index (χ1) is 9.49. The van der Waals surface area contributed by atoms with Gasteiger partial charge in [0.05, 0.1) is 0 Å². The van der Waals surface area contributed by atoms with Crippen molar-refractivity contribution in [3.63, 3.8) is 0 Å². The number of hydrogen-bond donors (Lipinski definition) is 1. The maximum atomic E-state index is 3.70. The highest BCUT2D eigenvalue weighted by atomic mass is 14.9. The third-order valence-electron chi connectivity index (χ3n) is 4.15. The molecule has 0 aromatic heterocycles. The molecule has 0 aliphatic carbocycles. The fourth-order valence-electron chi connectivity index (χ4n) is 2.75. The van der Waals surface area contributed by atoms with Gasteiger partial charge in [-0.3, -0.25) is 0 Å². The first-order valence-electron chi connectivity index (χ1n) is 7.37. The van der Waals surface area contributed by atoms with Gasteiger partial charge in [-0.15, -0.1) is 0 Å². The van der Waals surface area contributed by atoms with Gasteiger partial charge in [-0.2, -0.15) is 0 Å². The molecule has 2 atom stereocenters. The standard InChI is InChI=1S/C19H25N/c1-13-11-15(3)19(12-14(13)2)17(5)20-16(4)18-9-7-6-8-10-18/h6-12,16-17,20H,1-5H3/t16-,17?/m0/s1. The van der Waals surface area contributed by atoms with Crippen molar-refractivity contribution < 1.29 is 0 Å². The number of aryl methyl sites for hydroxylation is 3. The predicted molar refractivity (Wildman–Crippen MR) is 87.1 cm³/mol. The summed E-state index contributed by atoms with van der Waals surface area (Å²) in [5, 5.41) is 3.70. The molecule has 0 saturated heterocycles. The average molecular weight is 267 g/mol. The van der Waals surface area contributed by atoms with Crippen molar-refractivity contribution in [3.8, 4) is 0 Å². The SMILES string of the molecule is Cc1cc(C)c(C(C)N[C@@H](C)c2ccccc2)cc1C. The molecule has 0 heterocycles. The molecule has 0 fully saturated rings. The molecule has 0 aliphatic rings. The Hall–Kier alpha value is -1.60. The Bertz CT molecular complexity index is 572. The van der Waals surface area contributed by atoms with Crippen LogP contribution in [0.25, 0.3) is 0 Å². The molecular formula is C19H25N. The summed E-state index contributed by atoms with van der Waals surface area (Å²) in [6, 6.07) is 15.9. The molecule has 0 aliphatic heterocycles. The highest BCUT2D eigenvalue weighted by Gasteiger charge is 2.13. The van der Waals surface area contributed by atoms with Crippen molar-refractivity contribution in [1.82, 2.24) is 5.32 Å². The Morgan fingerprint density at radius 1 is 0.750 bits per heavy atom. The third-order valence-corrected chi connectivity index (χ3v) is 4.15. The summed E-state index contributed by atoms with van der Waals surface area (Å²) in [5.41, 5.74) is 6.84.